The molecule has 2 aromatic heterocycles. The maximum absolute atomic E-state index is 13.2. The zero-order valence-corrected chi connectivity index (χ0v) is 23.1. The van der Waals surface area contributed by atoms with Crippen molar-refractivity contribution in [3.63, 3.8) is 0 Å². The number of ether oxygens (including phenoxy) is 2. The number of hydrogen-bond acceptors (Lipinski definition) is 10. The third-order valence-corrected chi connectivity index (χ3v) is 7.67. The van der Waals surface area contributed by atoms with E-state index in [0.29, 0.717) is 34.8 Å². The van der Waals surface area contributed by atoms with Crippen LogP contribution in [0.1, 0.15) is 34.1 Å². The predicted molar refractivity (Wildman–Crippen MR) is 155 cm³/mol. The minimum absolute atomic E-state index is 0.0327. The topological polar surface area (TPSA) is 144 Å². The first-order chi connectivity index (χ1) is 20.4. The average molecular weight is 582 g/mol. The van der Waals surface area contributed by atoms with Crippen LogP contribution >= 0.6 is 11.8 Å². The number of esters is 1. The Morgan fingerprint density at radius 2 is 1.71 bits per heavy atom. The van der Waals surface area contributed by atoms with Crippen LogP contribution < -0.4 is 9.64 Å². The monoisotopic (exact) mass is 581 g/mol. The van der Waals surface area contributed by atoms with Gasteiger partial charge in [0.15, 0.2) is 18.0 Å². The number of hydrogen-bond donors (Lipinski definition) is 1. The Bertz CT molecular complexity index is 1840. The van der Waals surface area contributed by atoms with Crippen molar-refractivity contribution in [2.24, 2.45) is 0 Å². The first kappa shape index (κ1) is 27.1. The zero-order valence-electron chi connectivity index (χ0n) is 22.3. The molecule has 6 rings (SSSR count). The van der Waals surface area contributed by atoms with E-state index in [1.54, 1.807) is 24.3 Å². The molecule has 0 spiro atoms. The third-order valence-electron chi connectivity index (χ3n) is 6.64. The van der Waals surface area contributed by atoms with Gasteiger partial charge in [-0.25, -0.2) is 14.7 Å². The summed E-state index contributed by atoms with van der Waals surface area (Å²) in [6.45, 7) is 1.94. The van der Waals surface area contributed by atoms with Crippen molar-refractivity contribution in [2.75, 3.05) is 18.1 Å². The number of aromatic nitrogens is 4. The molecule has 12 heteroatoms. The van der Waals surface area contributed by atoms with Crippen molar-refractivity contribution in [2.45, 2.75) is 23.8 Å². The van der Waals surface area contributed by atoms with E-state index in [9.17, 15) is 19.2 Å². The molecule has 5 aromatic rings. The molecule has 0 aliphatic carbocycles. The number of imide groups is 1. The molecule has 1 aliphatic rings. The van der Waals surface area contributed by atoms with Crippen LogP contribution in [0.2, 0.25) is 0 Å². The fourth-order valence-electron chi connectivity index (χ4n) is 4.60. The lowest BCUT2D eigenvalue weighted by atomic mass is 10.1. The SMILES string of the molecule is CCOc1ccc(C(=O)COC(=O)c2ccc(N3C(=O)CC(Sc4nnc5c(n4)[nH]c4ccccc45)C3=O)cc2)cc1. The molecule has 210 valence electrons. The van der Waals surface area contributed by atoms with Crippen LogP contribution in [0.5, 0.6) is 5.75 Å². The summed E-state index contributed by atoms with van der Waals surface area (Å²) in [6.07, 6.45) is -0.0327. The van der Waals surface area contributed by atoms with Gasteiger partial charge < -0.3 is 14.5 Å². The minimum Gasteiger partial charge on any atom is -0.494 e. The number of fused-ring (bicyclic) bond motifs is 3. The number of Topliss-reactive ketones (excluding diaryl/α,β-unsaturated/α-hetero) is 1. The molecule has 1 N–H and O–H groups in total. The Kier molecular flexibility index (Phi) is 7.36. The van der Waals surface area contributed by atoms with Gasteiger partial charge in [-0.2, -0.15) is 0 Å². The number of carbonyl (C=O) groups is 4. The molecule has 1 unspecified atom stereocenters. The number of nitrogens with one attached hydrogen (secondary N) is 1. The fourth-order valence-corrected chi connectivity index (χ4v) is 5.52. The first-order valence-electron chi connectivity index (χ1n) is 13.1. The average Bonchev–Trinajstić information content (AvgIpc) is 3.51. The molecule has 1 aliphatic heterocycles. The van der Waals surface area contributed by atoms with Crippen LogP contribution in [-0.2, 0) is 14.3 Å². The number of ketones is 1. The molecule has 0 radical (unpaired) electrons. The summed E-state index contributed by atoms with van der Waals surface area (Å²) in [5, 5.41) is 8.88. The number of benzene rings is 3. The molecule has 11 nitrogen and oxygen atoms in total. The molecule has 0 saturated carbocycles. The second-order valence-corrected chi connectivity index (χ2v) is 10.5. The number of H-pyrrole nitrogens is 1. The maximum Gasteiger partial charge on any atom is 0.338 e. The summed E-state index contributed by atoms with van der Waals surface area (Å²) < 4.78 is 10.5. The predicted octanol–water partition coefficient (Wildman–Crippen LogP) is 4.37. The largest absolute Gasteiger partial charge is 0.494 e. The standard InChI is InChI=1S/C30H23N5O6S/c1-2-40-20-13-9-17(10-14-20)23(36)16-41-29(39)18-7-11-19(12-8-18)35-25(37)15-24(28(35)38)42-30-32-27-26(33-34-30)21-5-3-4-6-22(21)31-27/h3-14,24H,2,15-16H2,1H3,(H,31,32,34). The summed E-state index contributed by atoms with van der Waals surface area (Å²) in [5.41, 5.74) is 2.94. The van der Waals surface area contributed by atoms with Crippen LogP contribution in [0, 0.1) is 0 Å². The quantitative estimate of drug-likeness (QED) is 0.151. The lowest BCUT2D eigenvalue weighted by Gasteiger charge is -2.15. The van der Waals surface area contributed by atoms with Gasteiger partial charge in [0, 0.05) is 22.9 Å². The number of rotatable bonds is 9. The van der Waals surface area contributed by atoms with Gasteiger partial charge in [-0.05, 0) is 61.5 Å². The summed E-state index contributed by atoms with van der Waals surface area (Å²) >= 11 is 1.07. The van der Waals surface area contributed by atoms with Crippen molar-refractivity contribution in [3.8, 4) is 5.75 Å². The van der Waals surface area contributed by atoms with Crippen molar-refractivity contribution < 1.29 is 28.7 Å². The number of thioether (sulfide) groups is 1. The second kappa shape index (κ2) is 11.4. The van der Waals surface area contributed by atoms with Gasteiger partial charge in [-0.1, -0.05) is 30.0 Å². The molecule has 1 atom stereocenters. The molecular formula is C30H23N5O6S. The lowest BCUT2D eigenvalue weighted by Crippen LogP contribution is -2.31. The normalized spacial score (nSPS) is 15.0. The van der Waals surface area contributed by atoms with Gasteiger partial charge in [0.05, 0.1) is 17.9 Å². The number of carbonyl (C=O) groups excluding carboxylic acids is 4. The van der Waals surface area contributed by atoms with E-state index in [0.717, 1.165) is 27.6 Å². The number of amides is 2. The first-order valence-corrected chi connectivity index (χ1v) is 14.0. The highest BCUT2D eigenvalue weighted by Crippen LogP contribution is 2.33. The minimum atomic E-state index is -0.723. The Morgan fingerprint density at radius 3 is 2.48 bits per heavy atom. The van der Waals surface area contributed by atoms with Gasteiger partial charge >= 0.3 is 5.97 Å². The van der Waals surface area contributed by atoms with Crippen LogP contribution in [0.4, 0.5) is 5.69 Å². The molecule has 1 fully saturated rings. The van der Waals surface area contributed by atoms with E-state index in [2.05, 4.69) is 20.2 Å². The Morgan fingerprint density at radius 1 is 0.976 bits per heavy atom. The van der Waals surface area contributed by atoms with Crippen molar-refractivity contribution in [1.29, 1.82) is 0 Å². The van der Waals surface area contributed by atoms with Crippen LogP contribution in [0.3, 0.4) is 0 Å². The van der Waals surface area contributed by atoms with Gasteiger partial charge in [0.2, 0.25) is 17.0 Å². The van der Waals surface area contributed by atoms with Gasteiger partial charge in [-0.3, -0.25) is 14.4 Å². The summed E-state index contributed by atoms with van der Waals surface area (Å²) in [5.74, 6) is -1.22. The molecular weight excluding hydrogens is 558 g/mol. The highest BCUT2D eigenvalue weighted by molar-refractivity contribution is 8.00. The Labute approximate surface area is 243 Å². The van der Waals surface area contributed by atoms with Gasteiger partial charge in [0.25, 0.3) is 0 Å². The van der Waals surface area contributed by atoms with Crippen LogP contribution in [0.25, 0.3) is 22.1 Å². The van der Waals surface area contributed by atoms with Crippen LogP contribution in [0.15, 0.2) is 78.0 Å². The number of nitrogens with zero attached hydrogens (tertiary/aromatic N) is 4. The second-order valence-electron chi connectivity index (χ2n) is 9.34. The Balaban J connectivity index is 1.08. The fraction of sp³-hybridized carbons (Fsp3) is 0.167. The van der Waals surface area contributed by atoms with E-state index < -0.39 is 23.7 Å². The van der Waals surface area contributed by atoms with Crippen molar-refractivity contribution >= 4 is 63.1 Å². The van der Waals surface area contributed by atoms with E-state index in [-0.39, 0.29) is 28.8 Å². The summed E-state index contributed by atoms with van der Waals surface area (Å²) in [7, 11) is 0. The Hall–Kier alpha value is -5.10. The zero-order chi connectivity index (χ0) is 29.2. The summed E-state index contributed by atoms with van der Waals surface area (Å²) in [6, 6.07) is 20.1. The van der Waals surface area contributed by atoms with E-state index >= 15 is 0 Å². The highest BCUT2D eigenvalue weighted by atomic mass is 32.2. The van der Waals surface area contributed by atoms with Crippen molar-refractivity contribution in [3.05, 3.63) is 83.9 Å². The van der Waals surface area contributed by atoms with Gasteiger partial charge in [-0.15, -0.1) is 10.2 Å². The molecule has 3 heterocycles. The van der Waals surface area contributed by atoms with E-state index in [4.69, 9.17) is 9.47 Å². The molecule has 2 amide bonds. The smallest absolute Gasteiger partial charge is 0.338 e. The van der Waals surface area contributed by atoms with Crippen molar-refractivity contribution in [1.82, 2.24) is 20.2 Å². The summed E-state index contributed by atoms with van der Waals surface area (Å²) in [4.78, 5) is 59.7. The molecule has 42 heavy (non-hydrogen) atoms. The van der Waals surface area contributed by atoms with E-state index in [1.807, 2.05) is 31.2 Å². The van der Waals surface area contributed by atoms with Crippen LogP contribution in [-0.4, -0.2) is 62.2 Å². The van der Waals surface area contributed by atoms with E-state index in [1.165, 1.54) is 24.3 Å². The maximum atomic E-state index is 13.2. The number of aromatic amines is 1. The molecule has 0 bridgehead atoms. The molecule has 3 aromatic carbocycles. The number of para-hydroxylation sites is 1. The number of anilines is 1. The molecule has 1 saturated heterocycles. The highest BCUT2D eigenvalue weighted by Gasteiger charge is 2.41. The van der Waals surface area contributed by atoms with Gasteiger partial charge in [0.1, 0.15) is 16.5 Å². The lowest BCUT2D eigenvalue weighted by molar-refractivity contribution is -0.121. The third kappa shape index (κ3) is 5.31.